The van der Waals surface area contributed by atoms with Gasteiger partial charge in [0.15, 0.2) is 5.82 Å². The first kappa shape index (κ1) is 46.3. The molecule has 0 bridgehead atoms. The Hall–Kier alpha value is -4.78. The first-order valence-corrected chi connectivity index (χ1v) is 25.5. The van der Waals surface area contributed by atoms with Crippen LogP contribution in [0.5, 0.6) is 0 Å². The molecule has 66 heavy (non-hydrogen) atoms. The van der Waals surface area contributed by atoms with Crippen molar-refractivity contribution >= 4 is 53.2 Å². The lowest BCUT2D eigenvalue weighted by molar-refractivity contribution is -0.134. The number of benzene rings is 2. The van der Waals surface area contributed by atoms with Gasteiger partial charge in [-0.05, 0) is 115 Å². The third kappa shape index (κ3) is 9.26. The van der Waals surface area contributed by atoms with Crippen LogP contribution >= 0.6 is 0 Å². The maximum absolute atomic E-state index is 15.8. The van der Waals surface area contributed by atoms with Gasteiger partial charge in [0, 0.05) is 61.0 Å². The predicted molar refractivity (Wildman–Crippen MR) is 265 cm³/mol. The van der Waals surface area contributed by atoms with E-state index in [0.717, 1.165) is 53.4 Å². The van der Waals surface area contributed by atoms with Crippen molar-refractivity contribution in [2.75, 3.05) is 36.4 Å². The van der Waals surface area contributed by atoms with Gasteiger partial charge in [-0.15, -0.1) is 0 Å². The molecule has 5 aliphatic rings. The van der Waals surface area contributed by atoms with Crippen molar-refractivity contribution in [1.29, 1.82) is 0 Å². The first-order valence-electron chi connectivity index (χ1n) is 25.5. The third-order valence-electron chi connectivity index (χ3n) is 16.0. The molecule has 2 saturated carbocycles. The maximum Gasteiger partial charge on any atom is 0.251 e. The minimum atomic E-state index is -0.681. The SMILES string of the molecule is CC(=O)N1CCC2(CC1)C(=O)N(C1CC(N3CCCC(BC4CCCCCCCCC4)C3)C1)c1cc(-c3cc4ncn(C(C)C)c4c(Nc4cc(C(=O)NC(C)C)c(C)cc4F)n3)ccc12. The third-order valence-corrected chi connectivity index (χ3v) is 16.0. The van der Waals surface area contributed by atoms with E-state index in [1.165, 1.54) is 90.5 Å². The number of nitrogens with zero attached hydrogens (tertiary/aromatic N) is 6. The summed E-state index contributed by atoms with van der Waals surface area (Å²) in [5.74, 6) is 1.52. The number of amides is 3. The van der Waals surface area contributed by atoms with Gasteiger partial charge in [0.2, 0.25) is 11.8 Å². The minimum absolute atomic E-state index is 0.0474. The summed E-state index contributed by atoms with van der Waals surface area (Å²) < 4.78 is 17.9. The molecule has 2 aromatic heterocycles. The van der Waals surface area contributed by atoms with Crippen LogP contribution < -0.4 is 15.5 Å². The number of likely N-dealkylation sites (tertiary alicyclic amines) is 2. The molecule has 0 radical (unpaired) electrons. The Labute approximate surface area is 392 Å². The molecule has 1 unspecified atom stereocenters. The van der Waals surface area contributed by atoms with Crippen molar-refractivity contribution in [2.24, 2.45) is 0 Å². The van der Waals surface area contributed by atoms with Gasteiger partial charge in [-0.1, -0.05) is 88.0 Å². The second-order valence-electron chi connectivity index (χ2n) is 21.3. The summed E-state index contributed by atoms with van der Waals surface area (Å²) in [4.78, 5) is 57.6. The number of nitrogens with one attached hydrogen (secondary N) is 2. The van der Waals surface area contributed by atoms with Crippen molar-refractivity contribution in [3.8, 4) is 11.3 Å². The van der Waals surface area contributed by atoms with Gasteiger partial charge in [0.25, 0.3) is 5.91 Å². The molecule has 2 aromatic carbocycles. The predicted octanol–water partition coefficient (Wildman–Crippen LogP) is 10.4. The van der Waals surface area contributed by atoms with E-state index in [1.807, 2.05) is 29.4 Å². The van der Waals surface area contributed by atoms with E-state index in [1.54, 1.807) is 26.2 Å². The van der Waals surface area contributed by atoms with Gasteiger partial charge in [0.1, 0.15) is 18.6 Å². The topological polar surface area (TPSA) is 116 Å². The molecule has 2 N–H and O–H groups in total. The maximum atomic E-state index is 15.8. The highest BCUT2D eigenvalue weighted by Gasteiger charge is 2.56. The Bertz CT molecular complexity index is 2430. The van der Waals surface area contributed by atoms with Crippen LogP contribution in [0.15, 0.2) is 42.7 Å². The number of piperidine rings is 2. The smallest absolute Gasteiger partial charge is 0.251 e. The number of fused-ring (bicyclic) bond motifs is 3. The number of pyridine rings is 1. The van der Waals surface area contributed by atoms with Crippen molar-refractivity contribution in [1.82, 2.24) is 29.7 Å². The van der Waals surface area contributed by atoms with E-state index in [-0.39, 0.29) is 41.5 Å². The normalized spacial score (nSPS) is 23.0. The summed E-state index contributed by atoms with van der Waals surface area (Å²) in [7, 11) is 1.37. The van der Waals surface area contributed by atoms with E-state index in [2.05, 4.69) is 52.5 Å². The van der Waals surface area contributed by atoms with Gasteiger partial charge < -0.3 is 29.9 Å². The number of rotatable bonds is 10. The van der Waals surface area contributed by atoms with Crippen LogP contribution in [0.1, 0.15) is 158 Å². The lowest BCUT2D eigenvalue weighted by Crippen LogP contribution is -2.59. The van der Waals surface area contributed by atoms with Gasteiger partial charge in [-0.2, -0.15) is 0 Å². The zero-order chi connectivity index (χ0) is 46.3. The summed E-state index contributed by atoms with van der Waals surface area (Å²) in [6.07, 6.45) is 20.1. The largest absolute Gasteiger partial charge is 0.350 e. The summed E-state index contributed by atoms with van der Waals surface area (Å²) in [6, 6.07) is 11.8. The number of hydrogen-bond acceptors (Lipinski definition) is 7. The first-order chi connectivity index (χ1) is 31.8. The van der Waals surface area contributed by atoms with E-state index in [0.29, 0.717) is 60.1 Å². The summed E-state index contributed by atoms with van der Waals surface area (Å²) in [6.45, 7) is 14.7. The lowest BCUT2D eigenvalue weighted by Gasteiger charge is -2.49. The molecule has 352 valence electrons. The zero-order valence-corrected chi connectivity index (χ0v) is 40.4. The molecular weight excluding hydrogens is 826 g/mol. The fraction of sp³-hybridized carbons (Fsp3) is 0.604. The van der Waals surface area contributed by atoms with Crippen LogP contribution in [0.25, 0.3) is 22.3 Å². The van der Waals surface area contributed by atoms with Crippen LogP contribution in [-0.2, 0) is 15.0 Å². The average Bonchev–Trinajstić information content (AvgIpc) is 3.81. The van der Waals surface area contributed by atoms with Crippen LogP contribution in [0, 0.1) is 12.7 Å². The molecule has 9 rings (SSSR count). The molecule has 1 atom stereocenters. The Morgan fingerprint density at radius 3 is 2.24 bits per heavy atom. The zero-order valence-electron chi connectivity index (χ0n) is 40.4. The number of carbonyl (C=O) groups excluding carboxylic acids is 3. The molecule has 13 heteroatoms. The number of carbonyl (C=O) groups is 3. The fourth-order valence-corrected chi connectivity index (χ4v) is 12.3. The van der Waals surface area contributed by atoms with Crippen LogP contribution in [0.2, 0.25) is 11.6 Å². The van der Waals surface area contributed by atoms with Crippen molar-refractivity contribution in [2.45, 2.75) is 179 Å². The van der Waals surface area contributed by atoms with Gasteiger partial charge >= 0.3 is 0 Å². The van der Waals surface area contributed by atoms with Crippen molar-refractivity contribution in [3.05, 3.63) is 65.2 Å². The highest BCUT2D eigenvalue weighted by Crippen LogP contribution is 2.52. The second-order valence-corrected chi connectivity index (χ2v) is 21.3. The van der Waals surface area contributed by atoms with Crippen molar-refractivity contribution < 1.29 is 18.8 Å². The summed E-state index contributed by atoms with van der Waals surface area (Å²) >= 11 is 0. The van der Waals surface area contributed by atoms with Gasteiger partial charge in [-0.3, -0.25) is 14.4 Å². The van der Waals surface area contributed by atoms with Crippen LogP contribution in [0.3, 0.4) is 0 Å². The molecule has 5 heterocycles. The molecule has 1 spiro atoms. The molecule has 3 aliphatic heterocycles. The van der Waals surface area contributed by atoms with Gasteiger partial charge in [0.05, 0.1) is 28.6 Å². The number of aryl methyl sites for hydroxylation is 1. The number of hydrogen-bond donors (Lipinski definition) is 2. The molecule has 4 aromatic rings. The molecule has 4 fully saturated rings. The number of imidazole rings is 1. The van der Waals surface area contributed by atoms with Crippen LogP contribution in [-0.4, -0.2) is 93.6 Å². The Kier molecular flexibility index (Phi) is 13.7. The Morgan fingerprint density at radius 2 is 1.56 bits per heavy atom. The highest BCUT2D eigenvalue weighted by molar-refractivity contribution is 6.39. The molecule has 2 aliphatic carbocycles. The minimum Gasteiger partial charge on any atom is -0.350 e. The van der Waals surface area contributed by atoms with Crippen molar-refractivity contribution in [3.63, 3.8) is 0 Å². The van der Waals surface area contributed by atoms with E-state index in [9.17, 15) is 9.59 Å². The summed E-state index contributed by atoms with van der Waals surface area (Å²) in [5.41, 5.74) is 5.30. The number of aromatic nitrogens is 3. The number of halogens is 1. The van der Waals surface area contributed by atoms with Crippen LogP contribution in [0.4, 0.5) is 21.6 Å². The highest BCUT2D eigenvalue weighted by atomic mass is 19.1. The van der Waals surface area contributed by atoms with Gasteiger partial charge in [-0.25, -0.2) is 14.4 Å². The molecule has 2 saturated heterocycles. The molecule has 3 amide bonds. The second kappa shape index (κ2) is 19.4. The molecule has 11 nitrogen and oxygen atoms in total. The van der Waals surface area contributed by atoms with E-state index in [4.69, 9.17) is 9.97 Å². The Morgan fingerprint density at radius 1 is 0.864 bits per heavy atom. The lowest BCUT2D eigenvalue weighted by atomic mass is 9.50. The Balaban J connectivity index is 1.01. The van der Waals surface area contributed by atoms with E-state index < -0.39 is 11.2 Å². The quantitative estimate of drug-likeness (QED) is 0.152. The van der Waals surface area contributed by atoms with E-state index >= 15 is 9.18 Å². The average molecular weight is 899 g/mol. The summed E-state index contributed by atoms with van der Waals surface area (Å²) in [5, 5.41) is 6.23. The number of anilines is 3. The fourth-order valence-electron chi connectivity index (χ4n) is 12.3. The standard InChI is InChI=1S/C53H72BFN8O3/c1-33(2)57-51(65)42-29-46(44(55)25-35(42)5)59-50-49-47(56-32-62(49)34(3)4)30-45(58-50)37-18-19-43-48(26-37)63(52(66)53(43)20-23-60(24-21-53)36(6)64)41-27-40(28-41)61-22-14-17-39(31-61)54-38-15-12-10-8-7-9-11-13-16-38/h18-19,25-26,29-30,32-34,38-41,54H,7-17,20-24,27-28,31H2,1-6H3,(H,57,65)(H,58,59). The monoisotopic (exact) mass is 899 g/mol. The molecular formula is C53H72BFN8O3.